The fraction of sp³-hybridized carbons (Fsp3) is 0.533. The summed E-state index contributed by atoms with van der Waals surface area (Å²) in [4.78, 5) is 32.4. The number of rotatable bonds is 2. The molecule has 2 amide bonds. The van der Waals surface area contributed by atoms with Crippen LogP contribution in [0.1, 0.15) is 29.6 Å². The summed E-state index contributed by atoms with van der Waals surface area (Å²) in [6.07, 6.45) is 5.95. The van der Waals surface area contributed by atoms with Gasteiger partial charge in [0.1, 0.15) is 0 Å². The van der Waals surface area contributed by atoms with E-state index < -0.39 is 0 Å². The Balaban J connectivity index is 1.65. The molecule has 5 nitrogen and oxygen atoms in total. The van der Waals surface area contributed by atoms with E-state index in [1.54, 1.807) is 17.2 Å². The molecule has 2 saturated heterocycles. The molecular formula is C15H18ClN3O2. The average molecular weight is 308 g/mol. The Morgan fingerprint density at radius 2 is 1.95 bits per heavy atom. The lowest BCUT2D eigenvalue weighted by Crippen LogP contribution is -2.36. The minimum Gasteiger partial charge on any atom is -0.342 e. The third-order valence-electron chi connectivity index (χ3n) is 4.25. The number of hydrogen-bond acceptors (Lipinski definition) is 3. The van der Waals surface area contributed by atoms with Crippen molar-refractivity contribution in [2.75, 3.05) is 26.2 Å². The quantitative estimate of drug-likeness (QED) is 0.837. The topological polar surface area (TPSA) is 53.5 Å². The number of hydrogen-bond donors (Lipinski definition) is 0. The zero-order valence-corrected chi connectivity index (χ0v) is 12.6. The molecule has 0 saturated carbocycles. The van der Waals surface area contributed by atoms with Crippen LogP contribution < -0.4 is 0 Å². The first-order chi connectivity index (χ1) is 10.2. The number of halogens is 1. The van der Waals surface area contributed by atoms with Crippen molar-refractivity contribution in [1.82, 2.24) is 14.8 Å². The number of carbonyl (C=O) groups excluding carboxylic acids is 2. The van der Waals surface area contributed by atoms with Crippen molar-refractivity contribution < 1.29 is 9.59 Å². The second-order valence-electron chi connectivity index (χ2n) is 5.62. The van der Waals surface area contributed by atoms with Gasteiger partial charge in [0, 0.05) is 38.6 Å². The van der Waals surface area contributed by atoms with Gasteiger partial charge in [-0.1, -0.05) is 11.6 Å². The number of nitrogens with zero attached hydrogens (tertiary/aromatic N) is 3. The molecule has 0 bridgehead atoms. The highest BCUT2D eigenvalue weighted by molar-refractivity contribution is 6.33. The van der Waals surface area contributed by atoms with Crippen LogP contribution in [0.25, 0.3) is 0 Å². The van der Waals surface area contributed by atoms with Gasteiger partial charge in [-0.2, -0.15) is 0 Å². The van der Waals surface area contributed by atoms with E-state index in [0.29, 0.717) is 23.7 Å². The summed E-state index contributed by atoms with van der Waals surface area (Å²) in [5.41, 5.74) is 0.459. The first-order valence-corrected chi connectivity index (χ1v) is 7.72. The molecule has 3 rings (SSSR count). The zero-order valence-electron chi connectivity index (χ0n) is 11.8. The second kappa shape index (κ2) is 6.02. The van der Waals surface area contributed by atoms with Crippen molar-refractivity contribution >= 4 is 23.4 Å². The molecule has 1 aromatic rings. The minimum atomic E-state index is -0.112. The molecule has 0 N–H and O–H groups in total. The number of aromatic nitrogens is 1. The van der Waals surface area contributed by atoms with E-state index >= 15 is 0 Å². The van der Waals surface area contributed by atoms with E-state index in [-0.39, 0.29) is 17.7 Å². The highest BCUT2D eigenvalue weighted by atomic mass is 35.5. The smallest absolute Gasteiger partial charge is 0.255 e. The third kappa shape index (κ3) is 2.88. The molecular weight excluding hydrogens is 290 g/mol. The van der Waals surface area contributed by atoms with Gasteiger partial charge < -0.3 is 9.80 Å². The number of pyridine rings is 1. The molecule has 1 atom stereocenters. The molecule has 6 heteroatoms. The fourth-order valence-electron chi connectivity index (χ4n) is 3.06. The van der Waals surface area contributed by atoms with E-state index in [2.05, 4.69) is 4.98 Å². The normalized spacial score (nSPS) is 21.9. The molecule has 0 aliphatic carbocycles. The molecule has 112 valence electrons. The van der Waals surface area contributed by atoms with Crippen molar-refractivity contribution in [3.63, 3.8) is 0 Å². The molecule has 21 heavy (non-hydrogen) atoms. The molecule has 2 aliphatic rings. The van der Waals surface area contributed by atoms with Gasteiger partial charge in [-0.05, 0) is 25.3 Å². The SMILES string of the molecule is O=C(c1ccncc1Cl)N1CCC(C(=O)N2CCCC2)C1. The summed E-state index contributed by atoms with van der Waals surface area (Å²) in [6.45, 7) is 2.83. The van der Waals surface area contributed by atoms with Gasteiger partial charge in [0.25, 0.3) is 5.91 Å². The maximum absolute atomic E-state index is 12.4. The van der Waals surface area contributed by atoms with Crippen molar-refractivity contribution in [3.8, 4) is 0 Å². The van der Waals surface area contributed by atoms with Crippen LogP contribution in [0.5, 0.6) is 0 Å². The maximum Gasteiger partial charge on any atom is 0.255 e. The summed E-state index contributed by atoms with van der Waals surface area (Å²) < 4.78 is 0. The Bertz CT molecular complexity index is 558. The predicted octanol–water partition coefficient (Wildman–Crippen LogP) is 1.82. The summed E-state index contributed by atoms with van der Waals surface area (Å²) in [5.74, 6) is 0.0235. The molecule has 0 spiro atoms. The van der Waals surface area contributed by atoms with Crippen LogP contribution in [0.4, 0.5) is 0 Å². The standard InChI is InChI=1S/C15H18ClN3O2/c16-13-9-17-5-3-12(13)15(21)19-8-4-11(10-19)14(20)18-6-1-2-7-18/h3,5,9,11H,1-2,4,6-8,10H2. The molecule has 2 fully saturated rings. The van der Waals surface area contributed by atoms with E-state index in [1.807, 2.05) is 4.90 Å². The van der Waals surface area contributed by atoms with Gasteiger partial charge in [-0.3, -0.25) is 14.6 Å². The first kappa shape index (κ1) is 14.3. The third-order valence-corrected chi connectivity index (χ3v) is 4.55. The molecule has 3 heterocycles. The maximum atomic E-state index is 12.4. The molecule has 1 aromatic heterocycles. The molecule has 0 radical (unpaired) electrons. The predicted molar refractivity (Wildman–Crippen MR) is 79.1 cm³/mol. The fourth-order valence-corrected chi connectivity index (χ4v) is 3.26. The monoisotopic (exact) mass is 307 g/mol. The Hall–Kier alpha value is -1.62. The van der Waals surface area contributed by atoms with E-state index in [4.69, 9.17) is 11.6 Å². The van der Waals surface area contributed by atoms with Crippen LogP contribution in [0.2, 0.25) is 5.02 Å². The highest BCUT2D eigenvalue weighted by Gasteiger charge is 2.34. The van der Waals surface area contributed by atoms with E-state index in [0.717, 1.165) is 32.4 Å². The number of carbonyl (C=O) groups is 2. The van der Waals surface area contributed by atoms with Crippen LogP contribution >= 0.6 is 11.6 Å². The van der Waals surface area contributed by atoms with Crippen LogP contribution in [0.15, 0.2) is 18.5 Å². The van der Waals surface area contributed by atoms with Crippen molar-refractivity contribution in [3.05, 3.63) is 29.0 Å². The second-order valence-corrected chi connectivity index (χ2v) is 6.03. The molecule has 2 aliphatic heterocycles. The molecule has 0 aromatic carbocycles. The summed E-state index contributed by atoms with van der Waals surface area (Å²) in [7, 11) is 0. The Morgan fingerprint density at radius 1 is 1.19 bits per heavy atom. The van der Waals surface area contributed by atoms with Crippen molar-refractivity contribution in [2.45, 2.75) is 19.3 Å². The first-order valence-electron chi connectivity index (χ1n) is 7.34. The van der Waals surface area contributed by atoms with Crippen molar-refractivity contribution in [2.24, 2.45) is 5.92 Å². The summed E-state index contributed by atoms with van der Waals surface area (Å²) in [6, 6.07) is 1.63. The number of likely N-dealkylation sites (tertiary alicyclic amines) is 2. The van der Waals surface area contributed by atoms with E-state index in [9.17, 15) is 9.59 Å². The lowest BCUT2D eigenvalue weighted by molar-refractivity contribution is -0.133. The van der Waals surface area contributed by atoms with E-state index in [1.165, 1.54) is 6.20 Å². The lowest BCUT2D eigenvalue weighted by Gasteiger charge is -2.21. The largest absolute Gasteiger partial charge is 0.342 e. The zero-order chi connectivity index (χ0) is 14.8. The highest BCUT2D eigenvalue weighted by Crippen LogP contribution is 2.24. The van der Waals surface area contributed by atoms with Gasteiger partial charge >= 0.3 is 0 Å². The van der Waals surface area contributed by atoms with Crippen LogP contribution in [-0.2, 0) is 4.79 Å². The van der Waals surface area contributed by atoms with Gasteiger partial charge in [0.15, 0.2) is 0 Å². The lowest BCUT2D eigenvalue weighted by atomic mass is 10.1. The molecule has 1 unspecified atom stereocenters. The van der Waals surface area contributed by atoms with Crippen LogP contribution in [-0.4, -0.2) is 52.8 Å². The summed E-state index contributed by atoms with van der Waals surface area (Å²) >= 11 is 6.01. The van der Waals surface area contributed by atoms with Crippen LogP contribution in [0, 0.1) is 5.92 Å². The Morgan fingerprint density at radius 3 is 2.67 bits per heavy atom. The van der Waals surface area contributed by atoms with Gasteiger partial charge in [0.2, 0.25) is 5.91 Å². The van der Waals surface area contributed by atoms with Gasteiger partial charge in [0.05, 0.1) is 16.5 Å². The average Bonchev–Trinajstić information content (AvgIpc) is 3.18. The van der Waals surface area contributed by atoms with Gasteiger partial charge in [-0.25, -0.2) is 0 Å². The van der Waals surface area contributed by atoms with Crippen molar-refractivity contribution in [1.29, 1.82) is 0 Å². The van der Waals surface area contributed by atoms with Gasteiger partial charge in [-0.15, -0.1) is 0 Å². The van der Waals surface area contributed by atoms with Crippen LogP contribution in [0.3, 0.4) is 0 Å². The Kier molecular flexibility index (Phi) is 4.10. The summed E-state index contributed by atoms with van der Waals surface area (Å²) in [5, 5.41) is 0.358. The number of amides is 2. The Labute approximate surface area is 128 Å². The minimum absolute atomic E-state index is 0.0623.